The Morgan fingerprint density at radius 2 is 1.96 bits per heavy atom. The maximum atomic E-state index is 14.4. The number of fused-ring (bicyclic) bond motifs is 1. The molecule has 3 rings (SSSR count). The van der Waals surface area contributed by atoms with E-state index in [9.17, 15) is 14.0 Å². The van der Waals surface area contributed by atoms with E-state index in [-0.39, 0.29) is 35.8 Å². The molecule has 0 radical (unpaired) electrons. The van der Waals surface area contributed by atoms with Gasteiger partial charge in [0, 0.05) is 0 Å². The summed E-state index contributed by atoms with van der Waals surface area (Å²) in [5.74, 6) is -1.33. The van der Waals surface area contributed by atoms with Gasteiger partial charge in [-0.2, -0.15) is 4.99 Å². The number of amides is 1. The molecule has 0 atom stereocenters. The highest BCUT2D eigenvalue weighted by Gasteiger charge is 2.15. The van der Waals surface area contributed by atoms with Gasteiger partial charge in [-0.05, 0) is 49.6 Å². The Morgan fingerprint density at radius 1 is 1.18 bits per heavy atom. The second-order valence-corrected chi connectivity index (χ2v) is 7.47. The second kappa shape index (κ2) is 8.48. The fraction of sp³-hybridized carbons (Fsp3) is 0.286. The Bertz CT molecular complexity index is 1110. The molecular formula is C21H21FN2O3S. The minimum Gasteiger partial charge on any atom is -0.465 e. The van der Waals surface area contributed by atoms with E-state index in [1.807, 2.05) is 32.0 Å². The first kappa shape index (κ1) is 19.9. The van der Waals surface area contributed by atoms with Crippen molar-refractivity contribution in [3.05, 3.63) is 63.7 Å². The van der Waals surface area contributed by atoms with E-state index in [0.29, 0.717) is 4.70 Å². The first-order valence-corrected chi connectivity index (χ1v) is 9.78. The lowest BCUT2D eigenvalue weighted by molar-refractivity contribution is -0.143. The molecule has 146 valence electrons. The Labute approximate surface area is 166 Å². The van der Waals surface area contributed by atoms with Crippen molar-refractivity contribution in [2.75, 3.05) is 6.61 Å². The van der Waals surface area contributed by atoms with Crippen molar-refractivity contribution in [3.63, 3.8) is 0 Å². The van der Waals surface area contributed by atoms with Crippen LogP contribution in [0.2, 0.25) is 0 Å². The van der Waals surface area contributed by atoms with E-state index in [1.165, 1.54) is 22.0 Å². The van der Waals surface area contributed by atoms with Gasteiger partial charge in [-0.1, -0.05) is 35.6 Å². The van der Waals surface area contributed by atoms with Gasteiger partial charge in [0.25, 0.3) is 5.91 Å². The average molecular weight is 400 g/mol. The summed E-state index contributed by atoms with van der Waals surface area (Å²) in [4.78, 5) is 28.9. The van der Waals surface area contributed by atoms with Crippen molar-refractivity contribution in [1.82, 2.24) is 4.57 Å². The van der Waals surface area contributed by atoms with Crippen LogP contribution >= 0.6 is 11.3 Å². The maximum Gasteiger partial charge on any atom is 0.326 e. The molecule has 0 bridgehead atoms. The third-order valence-corrected chi connectivity index (χ3v) is 5.43. The lowest BCUT2D eigenvalue weighted by Crippen LogP contribution is -2.23. The summed E-state index contributed by atoms with van der Waals surface area (Å²) in [6, 6.07) is 10.5. The quantitative estimate of drug-likeness (QED) is 0.614. The molecule has 0 aliphatic carbocycles. The molecule has 1 aromatic heterocycles. The van der Waals surface area contributed by atoms with Crippen molar-refractivity contribution in [3.8, 4) is 0 Å². The van der Waals surface area contributed by atoms with Crippen LogP contribution < -0.4 is 4.80 Å². The molecule has 3 aromatic rings. The Kier molecular flexibility index (Phi) is 6.04. The molecule has 0 saturated carbocycles. The van der Waals surface area contributed by atoms with Gasteiger partial charge >= 0.3 is 5.97 Å². The van der Waals surface area contributed by atoms with Crippen molar-refractivity contribution < 1.29 is 18.7 Å². The van der Waals surface area contributed by atoms with Gasteiger partial charge in [-0.25, -0.2) is 4.39 Å². The zero-order chi connectivity index (χ0) is 20.3. The topological polar surface area (TPSA) is 60.7 Å². The molecule has 0 saturated heterocycles. The average Bonchev–Trinajstić information content (AvgIpc) is 2.96. The van der Waals surface area contributed by atoms with Crippen LogP contribution in [0.1, 0.15) is 23.6 Å². The minimum absolute atomic E-state index is 0.136. The SMILES string of the molecule is CCOC(=O)Cn1c(=NC(=O)Cc2ccc(C)c(C)c2)sc2cccc(F)c21. The number of esters is 1. The van der Waals surface area contributed by atoms with E-state index in [4.69, 9.17) is 4.74 Å². The largest absolute Gasteiger partial charge is 0.465 e. The lowest BCUT2D eigenvalue weighted by atomic mass is 10.0. The predicted octanol–water partition coefficient (Wildman–Crippen LogP) is 3.69. The highest BCUT2D eigenvalue weighted by Crippen LogP contribution is 2.20. The molecular weight excluding hydrogens is 379 g/mol. The molecule has 1 amide bonds. The second-order valence-electron chi connectivity index (χ2n) is 6.46. The molecule has 0 N–H and O–H groups in total. The molecule has 2 aromatic carbocycles. The smallest absolute Gasteiger partial charge is 0.326 e. The van der Waals surface area contributed by atoms with Crippen LogP contribution in [0.5, 0.6) is 0 Å². The Hall–Kier alpha value is -2.80. The number of aromatic nitrogens is 1. The number of benzene rings is 2. The minimum atomic E-state index is -0.506. The molecule has 1 heterocycles. The lowest BCUT2D eigenvalue weighted by Gasteiger charge is -2.06. The third-order valence-electron chi connectivity index (χ3n) is 4.39. The van der Waals surface area contributed by atoms with Crippen LogP contribution in [0, 0.1) is 19.7 Å². The van der Waals surface area contributed by atoms with E-state index in [0.717, 1.165) is 16.7 Å². The molecule has 0 fully saturated rings. The van der Waals surface area contributed by atoms with Gasteiger partial charge in [0.15, 0.2) is 4.80 Å². The number of hydrogen-bond donors (Lipinski definition) is 0. The number of ether oxygens (including phenoxy) is 1. The first-order valence-electron chi connectivity index (χ1n) is 8.96. The zero-order valence-corrected chi connectivity index (χ0v) is 16.8. The molecule has 0 spiro atoms. The van der Waals surface area contributed by atoms with E-state index >= 15 is 0 Å². The van der Waals surface area contributed by atoms with Crippen molar-refractivity contribution >= 4 is 33.4 Å². The standard InChI is InChI=1S/C21H21FN2O3S/c1-4-27-19(26)12-24-20-16(22)6-5-7-17(20)28-21(24)23-18(25)11-15-9-8-13(2)14(3)10-15/h5-10H,4,11-12H2,1-3H3. The summed E-state index contributed by atoms with van der Waals surface area (Å²) in [6.45, 7) is 5.72. The highest BCUT2D eigenvalue weighted by atomic mass is 32.1. The molecule has 0 aliphatic rings. The van der Waals surface area contributed by atoms with Crippen LogP contribution in [-0.4, -0.2) is 23.1 Å². The van der Waals surface area contributed by atoms with Crippen LogP contribution in [0.15, 0.2) is 41.4 Å². The van der Waals surface area contributed by atoms with E-state index < -0.39 is 11.8 Å². The fourth-order valence-electron chi connectivity index (χ4n) is 2.89. The van der Waals surface area contributed by atoms with Crippen molar-refractivity contribution in [2.45, 2.75) is 33.7 Å². The fourth-order valence-corrected chi connectivity index (χ4v) is 3.95. The highest BCUT2D eigenvalue weighted by molar-refractivity contribution is 7.16. The number of nitrogens with zero attached hydrogens (tertiary/aromatic N) is 2. The van der Waals surface area contributed by atoms with Crippen LogP contribution in [0.3, 0.4) is 0 Å². The number of para-hydroxylation sites is 1. The van der Waals surface area contributed by atoms with Gasteiger partial charge in [-0.15, -0.1) is 0 Å². The van der Waals surface area contributed by atoms with Gasteiger partial charge in [0.2, 0.25) is 0 Å². The summed E-state index contributed by atoms with van der Waals surface area (Å²) < 4.78 is 21.4. The predicted molar refractivity (Wildman–Crippen MR) is 107 cm³/mol. The number of rotatable bonds is 5. The summed E-state index contributed by atoms with van der Waals surface area (Å²) in [5, 5.41) is 0. The monoisotopic (exact) mass is 400 g/mol. The van der Waals surface area contributed by atoms with Gasteiger partial charge in [0.1, 0.15) is 12.4 Å². The third kappa shape index (κ3) is 4.36. The summed E-state index contributed by atoms with van der Waals surface area (Å²) in [7, 11) is 0. The number of hydrogen-bond acceptors (Lipinski definition) is 4. The molecule has 0 unspecified atom stereocenters. The summed E-state index contributed by atoms with van der Waals surface area (Å²) in [5.41, 5.74) is 3.37. The first-order chi connectivity index (χ1) is 13.4. The molecule has 28 heavy (non-hydrogen) atoms. The Balaban J connectivity index is 2.00. The number of thiazole rings is 1. The Morgan fingerprint density at radius 3 is 2.68 bits per heavy atom. The van der Waals surface area contributed by atoms with Crippen molar-refractivity contribution in [2.24, 2.45) is 4.99 Å². The van der Waals surface area contributed by atoms with Gasteiger partial charge < -0.3 is 9.30 Å². The van der Waals surface area contributed by atoms with Crippen LogP contribution in [0.25, 0.3) is 10.2 Å². The molecule has 0 aliphatic heterocycles. The maximum absolute atomic E-state index is 14.4. The van der Waals surface area contributed by atoms with Gasteiger partial charge in [-0.3, -0.25) is 9.59 Å². The van der Waals surface area contributed by atoms with Gasteiger partial charge in [0.05, 0.1) is 23.2 Å². The van der Waals surface area contributed by atoms with E-state index in [2.05, 4.69) is 4.99 Å². The number of carbonyl (C=O) groups excluding carboxylic acids is 2. The van der Waals surface area contributed by atoms with Crippen LogP contribution in [-0.2, 0) is 27.3 Å². The molecule has 7 heteroatoms. The van der Waals surface area contributed by atoms with E-state index in [1.54, 1.807) is 19.1 Å². The summed E-state index contributed by atoms with van der Waals surface area (Å²) in [6.07, 6.45) is 0.136. The number of halogens is 1. The zero-order valence-electron chi connectivity index (χ0n) is 16.0. The number of carbonyl (C=O) groups is 2. The summed E-state index contributed by atoms with van der Waals surface area (Å²) >= 11 is 1.17. The van der Waals surface area contributed by atoms with Crippen molar-refractivity contribution in [1.29, 1.82) is 0 Å². The normalized spacial score (nSPS) is 11.8. The van der Waals surface area contributed by atoms with Crippen LogP contribution in [0.4, 0.5) is 4.39 Å². The molecule has 5 nitrogen and oxygen atoms in total. The number of aryl methyl sites for hydroxylation is 2.